The van der Waals surface area contributed by atoms with Gasteiger partial charge in [-0.1, -0.05) is 0 Å². The fourth-order valence-corrected chi connectivity index (χ4v) is 1.25. The SMILES string of the molecule is COC(=O)c1cc([N+](=O)[O-])cc(OC)c1C#N. The molecule has 0 spiro atoms. The molecule has 0 amide bonds. The second-order valence-corrected chi connectivity index (χ2v) is 2.93. The number of methoxy groups -OCH3 is 2. The summed E-state index contributed by atoms with van der Waals surface area (Å²) in [7, 11) is 2.37. The zero-order chi connectivity index (χ0) is 13.0. The largest absolute Gasteiger partial charge is 0.495 e. The monoisotopic (exact) mass is 236 g/mol. The molecule has 1 rings (SSSR count). The number of ether oxygens (including phenoxy) is 2. The first-order chi connectivity index (χ1) is 8.04. The molecule has 0 unspecified atom stereocenters. The van der Waals surface area contributed by atoms with E-state index in [-0.39, 0.29) is 22.6 Å². The van der Waals surface area contributed by atoms with Gasteiger partial charge < -0.3 is 9.47 Å². The minimum absolute atomic E-state index is 0.0397. The lowest BCUT2D eigenvalue weighted by Crippen LogP contribution is -2.06. The highest BCUT2D eigenvalue weighted by atomic mass is 16.6. The van der Waals surface area contributed by atoms with Crippen molar-refractivity contribution < 1.29 is 19.2 Å². The molecule has 1 aromatic rings. The molecule has 0 atom stereocenters. The van der Waals surface area contributed by atoms with Crippen LogP contribution in [0.3, 0.4) is 0 Å². The first-order valence-electron chi connectivity index (χ1n) is 4.40. The number of esters is 1. The Morgan fingerprint density at radius 3 is 2.53 bits per heavy atom. The highest BCUT2D eigenvalue weighted by Gasteiger charge is 2.22. The van der Waals surface area contributed by atoms with Gasteiger partial charge in [0.05, 0.1) is 30.8 Å². The number of rotatable bonds is 3. The van der Waals surface area contributed by atoms with Crippen LogP contribution in [0.5, 0.6) is 5.75 Å². The van der Waals surface area contributed by atoms with E-state index in [9.17, 15) is 14.9 Å². The van der Waals surface area contributed by atoms with Gasteiger partial charge >= 0.3 is 5.97 Å². The summed E-state index contributed by atoms with van der Waals surface area (Å²) < 4.78 is 9.27. The number of nitro benzene ring substituents is 1. The van der Waals surface area contributed by atoms with Crippen molar-refractivity contribution in [3.8, 4) is 11.8 Å². The van der Waals surface area contributed by atoms with Gasteiger partial charge in [0.1, 0.15) is 17.4 Å². The van der Waals surface area contributed by atoms with E-state index in [0.717, 1.165) is 19.2 Å². The zero-order valence-corrected chi connectivity index (χ0v) is 9.09. The summed E-state index contributed by atoms with van der Waals surface area (Å²) in [6.45, 7) is 0. The number of benzene rings is 1. The van der Waals surface area contributed by atoms with Crippen LogP contribution in [-0.4, -0.2) is 25.1 Å². The van der Waals surface area contributed by atoms with E-state index in [2.05, 4.69) is 4.74 Å². The molecule has 0 aliphatic heterocycles. The number of nitrogens with zero attached hydrogens (tertiary/aromatic N) is 2. The average Bonchev–Trinajstić information content (AvgIpc) is 2.35. The third kappa shape index (κ3) is 2.31. The molecule has 0 aromatic heterocycles. The standard InChI is InChI=1S/C10H8N2O5/c1-16-9-4-6(12(14)15)3-7(8(9)5-11)10(13)17-2/h3-4H,1-2H3. The van der Waals surface area contributed by atoms with Gasteiger partial charge in [0, 0.05) is 6.07 Å². The Labute approximate surface area is 96.3 Å². The molecule has 1 aromatic carbocycles. The molecule has 0 aliphatic rings. The fourth-order valence-electron chi connectivity index (χ4n) is 1.25. The van der Waals surface area contributed by atoms with E-state index in [1.54, 1.807) is 6.07 Å². The molecule has 0 N–H and O–H groups in total. The van der Waals surface area contributed by atoms with Crippen molar-refractivity contribution >= 4 is 11.7 Å². The van der Waals surface area contributed by atoms with Crippen LogP contribution in [-0.2, 0) is 4.74 Å². The number of hydrogen-bond acceptors (Lipinski definition) is 6. The Bertz CT molecular complexity index is 518. The summed E-state index contributed by atoms with van der Waals surface area (Å²) >= 11 is 0. The summed E-state index contributed by atoms with van der Waals surface area (Å²) in [5.74, 6) is -0.870. The molecular weight excluding hydrogens is 228 g/mol. The van der Waals surface area contributed by atoms with Gasteiger partial charge in [-0.15, -0.1) is 0 Å². The number of nitriles is 1. The first-order valence-corrected chi connectivity index (χ1v) is 4.40. The molecule has 0 heterocycles. The molecule has 88 valence electrons. The predicted molar refractivity (Wildman–Crippen MR) is 55.7 cm³/mol. The maximum Gasteiger partial charge on any atom is 0.339 e. The predicted octanol–water partition coefficient (Wildman–Crippen LogP) is 1.26. The maximum absolute atomic E-state index is 11.4. The van der Waals surface area contributed by atoms with Crippen LogP contribution in [0.1, 0.15) is 15.9 Å². The summed E-state index contributed by atoms with van der Waals surface area (Å²) in [6.07, 6.45) is 0. The van der Waals surface area contributed by atoms with Crippen molar-refractivity contribution in [1.29, 1.82) is 5.26 Å². The summed E-state index contributed by atoms with van der Waals surface area (Å²) in [5, 5.41) is 19.5. The maximum atomic E-state index is 11.4. The molecule has 17 heavy (non-hydrogen) atoms. The highest BCUT2D eigenvalue weighted by molar-refractivity contribution is 5.94. The van der Waals surface area contributed by atoms with Gasteiger partial charge in [-0.3, -0.25) is 10.1 Å². The molecule has 0 fully saturated rings. The van der Waals surface area contributed by atoms with Crippen LogP contribution >= 0.6 is 0 Å². The third-order valence-electron chi connectivity index (χ3n) is 2.03. The number of non-ortho nitro benzene ring substituents is 1. The van der Waals surface area contributed by atoms with Gasteiger partial charge in [-0.2, -0.15) is 5.26 Å². The Morgan fingerprint density at radius 2 is 2.12 bits per heavy atom. The smallest absolute Gasteiger partial charge is 0.339 e. The minimum atomic E-state index is -0.830. The highest BCUT2D eigenvalue weighted by Crippen LogP contribution is 2.28. The van der Waals surface area contributed by atoms with Crippen LogP contribution in [0.25, 0.3) is 0 Å². The molecule has 7 heteroatoms. The Morgan fingerprint density at radius 1 is 1.47 bits per heavy atom. The topological polar surface area (TPSA) is 102 Å². The molecule has 7 nitrogen and oxygen atoms in total. The van der Waals surface area contributed by atoms with E-state index in [0.29, 0.717) is 0 Å². The third-order valence-corrected chi connectivity index (χ3v) is 2.03. The number of carbonyl (C=O) groups is 1. The average molecular weight is 236 g/mol. The molecule has 0 saturated carbocycles. The van der Waals surface area contributed by atoms with Crippen LogP contribution in [0.15, 0.2) is 12.1 Å². The minimum Gasteiger partial charge on any atom is -0.495 e. The van der Waals surface area contributed by atoms with Crippen molar-refractivity contribution in [2.75, 3.05) is 14.2 Å². The first kappa shape index (κ1) is 12.4. The fraction of sp³-hybridized carbons (Fsp3) is 0.200. The molecule has 0 saturated heterocycles. The van der Waals surface area contributed by atoms with Gasteiger partial charge in [0.15, 0.2) is 0 Å². The van der Waals surface area contributed by atoms with Crippen molar-refractivity contribution in [2.45, 2.75) is 0 Å². The van der Waals surface area contributed by atoms with Crippen molar-refractivity contribution in [1.82, 2.24) is 0 Å². The van der Waals surface area contributed by atoms with E-state index >= 15 is 0 Å². The second kappa shape index (κ2) is 4.94. The van der Waals surface area contributed by atoms with Crippen LogP contribution in [0.4, 0.5) is 5.69 Å². The van der Waals surface area contributed by atoms with Gasteiger partial charge in [0.2, 0.25) is 0 Å². The van der Waals surface area contributed by atoms with E-state index in [1.807, 2.05) is 0 Å². The number of hydrogen-bond donors (Lipinski definition) is 0. The van der Waals surface area contributed by atoms with Gasteiger partial charge in [-0.05, 0) is 0 Å². The van der Waals surface area contributed by atoms with Crippen molar-refractivity contribution in [2.24, 2.45) is 0 Å². The summed E-state index contributed by atoms with van der Waals surface area (Å²) in [4.78, 5) is 21.3. The summed E-state index contributed by atoms with van der Waals surface area (Å²) in [6, 6.07) is 3.80. The number of nitro groups is 1. The van der Waals surface area contributed by atoms with Crippen molar-refractivity contribution in [3.63, 3.8) is 0 Å². The van der Waals surface area contributed by atoms with Crippen LogP contribution in [0, 0.1) is 21.4 Å². The Balaban J connectivity index is 3.55. The lowest BCUT2D eigenvalue weighted by Gasteiger charge is -2.06. The van der Waals surface area contributed by atoms with E-state index < -0.39 is 10.9 Å². The Hall–Kier alpha value is -2.62. The molecule has 0 aliphatic carbocycles. The second-order valence-electron chi connectivity index (χ2n) is 2.93. The lowest BCUT2D eigenvalue weighted by molar-refractivity contribution is -0.385. The van der Waals surface area contributed by atoms with Crippen molar-refractivity contribution in [3.05, 3.63) is 33.4 Å². The lowest BCUT2D eigenvalue weighted by atomic mass is 10.1. The molecule has 0 radical (unpaired) electrons. The van der Waals surface area contributed by atoms with Gasteiger partial charge in [-0.25, -0.2) is 4.79 Å². The Kier molecular flexibility index (Phi) is 3.62. The molecular formula is C10H8N2O5. The normalized spacial score (nSPS) is 9.24. The summed E-state index contributed by atoms with van der Waals surface area (Å²) in [5.41, 5.74) is -0.632. The van der Waals surface area contributed by atoms with Crippen LogP contribution < -0.4 is 4.74 Å². The van der Waals surface area contributed by atoms with E-state index in [1.165, 1.54) is 7.11 Å². The van der Waals surface area contributed by atoms with Crippen LogP contribution in [0.2, 0.25) is 0 Å². The zero-order valence-electron chi connectivity index (χ0n) is 9.09. The molecule has 0 bridgehead atoms. The van der Waals surface area contributed by atoms with Gasteiger partial charge in [0.25, 0.3) is 5.69 Å². The quantitative estimate of drug-likeness (QED) is 0.444. The number of carbonyl (C=O) groups excluding carboxylic acids is 1. The van der Waals surface area contributed by atoms with E-state index in [4.69, 9.17) is 10.00 Å².